The first kappa shape index (κ1) is 7.77. The lowest BCUT2D eigenvalue weighted by Crippen LogP contribution is -2.63. The Labute approximate surface area is 95.2 Å². The van der Waals surface area contributed by atoms with E-state index in [0.717, 1.165) is 0 Å². The number of rotatable bonds is 0. The molecular weight excluding hydrogens is 196 g/mol. The van der Waals surface area contributed by atoms with Gasteiger partial charge in [0.25, 0.3) is 0 Å². The van der Waals surface area contributed by atoms with Gasteiger partial charge < -0.3 is 9.80 Å². The van der Waals surface area contributed by atoms with E-state index in [0.29, 0.717) is 17.0 Å². The third-order valence-electron chi connectivity index (χ3n) is 5.37. The molecule has 1 aromatic rings. The van der Waals surface area contributed by atoms with Crippen molar-refractivity contribution in [3.8, 4) is 0 Å². The maximum atomic E-state index is 2.49. The van der Waals surface area contributed by atoms with Crippen LogP contribution in [0.5, 0.6) is 0 Å². The maximum absolute atomic E-state index is 2.49. The smallest absolute Gasteiger partial charge is 0.114 e. The summed E-state index contributed by atoms with van der Waals surface area (Å²) in [7, 11) is 0. The summed E-state index contributed by atoms with van der Waals surface area (Å²) < 4.78 is 0. The van der Waals surface area contributed by atoms with Crippen LogP contribution in [0.4, 0.5) is 5.69 Å². The van der Waals surface area contributed by atoms with Crippen LogP contribution < -0.4 is 4.90 Å². The van der Waals surface area contributed by atoms with Crippen molar-refractivity contribution < 1.29 is 0 Å². The van der Waals surface area contributed by atoms with E-state index in [-0.39, 0.29) is 0 Å². The second-order valence-electron chi connectivity index (χ2n) is 5.93. The van der Waals surface area contributed by atoms with Crippen LogP contribution in [0.15, 0.2) is 36.7 Å². The van der Waals surface area contributed by atoms with Crippen LogP contribution in [-0.2, 0) is 5.41 Å². The molecule has 1 saturated heterocycles. The Bertz CT molecular complexity index is 549. The molecule has 0 radical (unpaired) electrons. The van der Waals surface area contributed by atoms with E-state index in [2.05, 4.69) is 53.4 Å². The molecule has 3 heterocycles. The highest BCUT2D eigenvalue weighted by Gasteiger charge is 2.79. The molecule has 2 unspecified atom stereocenters. The molecule has 0 amide bonds. The molecule has 1 spiro atoms. The first-order valence-electron chi connectivity index (χ1n) is 6.08. The molecule has 1 aromatic carbocycles. The van der Waals surface area contributed by atoms with Gasteiger partial charge in [0.2, 0.25) is 0 Å². The molecule has 3 atom stereocenters. The zero-order chi connectivity index (χ0) is 10.5. The first-order valence-corrected chi connectivity index (χ1v) is 6.08. The van der Waals surface area contributed by atoms with Gasteiger partial charge in [-0.05, 0) is 18.1 Å². The van der Waals surface area contributed by atoms with E-state index >= 15 is 0 Å². The molecule has 0 aromatic heterocycles. The van der Waals surface area contributed by atoms with E-state index in [9.17, 15) is 0 Å². The fourth-order valence-electron chi connectivity index (χ4n) is 4.43. The lowest BCUT2D eigenvalue weighted by atomic mass is 9.76. The van der Waals surface area contributed by atoms with Gasteiger partial charge in [0.15, 0.2) is 0 Å². The minimum absolute atomic E-state index is 0.452. The normalized spacial score (nSPS) is 44.7. The zero-order valence-electron chi connectivity index (χ0n) is 9.35. The molecular formula is C14H14N2. The monoisotopic (exact) mass is 210 g/mol. The standard InChI is InChI=1S/C14H14N2/c1-13-8-14(13)9-15-6-7-16(12(14)15)11-5-3-2-4-10(11)13/h2-7,12H,8-9H2,1H3/t12?,13?,14-/m1/s1. The molecule has 0 bridgehead atoms. The Morgan fingerprint density at radius 3 is 3.06 bits per heavy atom. The number of benzene rings is 1. The number of hydrogen-bond acceptors (Lipinski definition) is 2. The minimum atomic E-state index is 0.452. The topological polar surface area (TPSA) is 6.48 Å². The van der Waals surface area contributed by atoms with Crippen molar-refractivity contribution in [2.24, 2.45) is 5.41 Å². The second-order valence-corrected chi connectivity index (χ2v) is 5.93. The number of nitrogens with zero attached hydrogens (tertiary/aromatic N) is 2. The number of para-hydroxylation sites is 1. The van der Waals surface area contributed by atoms with Gasteiger partial charge in [-0.2, -0.15) is 0 Å². The molecule has 1 aliphatic carbocycles. The lowest BCUT2D eigenvalue weighted by molar-refractivity contribution is 0.0369. The summed E-state index contributed by atoms with van der Waals surface area (Å²) in [6, 6.07) is 8.95. The van der Waals surface area contributed by atoms with Crippen molar-refractivity contribution in [3.05, 3.63) is 42.2 Å². The summed E-state index contributed by atoms with van der Waals surface area (Å²) >= 11 is 0. The van der Waals surface area contributed by atoms with Crippen molar-refractivity contribution in [2.45, 2.75) is 24.9 Å². The van der Waals surface area contributed by atoms with Crippen LogP contribution in [0.1, 0.15) is 18.9 Å². The van der Waals surface area contributed by atoms with E-state index < -0.39 is 0 Å². The Morgan fingerprint density at radius 2 is 2.12 bits per heavy atom. The van der Waals surface area contributed by atoms with Gasteiger partial charge in [-0.15, -0.1) is 0 Å². The molecule has 80 valence electrons. The Balaban J connectivity index is 1.85. The van der Waals surface area contributed by atoms with Crippen LogP contribution in [0.25, 0.3) is 0 Å². The molecule has 2 fully saturated rings. The summed E-state index contributed by atoms with van der Waals surface area (Å²) in [6.07, 6.45) is 6.52. The molecule has 3 aliphatic heterocycles. The molecule has 16 heavy (non-hydrogen) atoms. The maximum Gasteiger partial charge on any atom is 0.114 e. The van der Waals surface area contributed by atoms with Crippen LogP contribution in [0, 0.1) is 5.41 Å². The fourth-order valence-corrected chi connectivity index (χ4v) is 4.43. The Kier molecular flexibility index (Phi) is 0.923. The van der Waals surface area contributed by atoms with Gasteiger partial charge in [-0.3, -0.25) is 0 Å². The highest BCUT2D eigenvalue weighted by molar-refractivity contribution is 5.69. The third-order valence-corrected chi connectivity index (χ3v) is 5.37. The van der Waals surface area contributed by atoms with Crippen molar-refractivity contribution in [1.29, 1.82) is 0 Å². The van der Waals surface area contributed by atoms with Gasteiger partial charge in [0.05, 0.1) is 0 Å². The minimum Gasteiger partial charge on any atom is -0.354 e. The predicted molar refractivity (Wildman–Crippen MR) is 63.0 cm³/mol. The van der Waals surface area contributed by atoms with Crippen LogP contribution in [0.3, 0.4) is 0 Å². The van der Waals surface area contributed by atoms with Gasteiger partial charge >= 0.3 is 0 Å². The lowest BCUT2D eigenvalue weighted by Gasteiger charge is -2.54. The van der Waals surface area contributed by atoms with Crippen LogP contribution in [-0.4, -0.2) is 17.6 Å². The van der Waals surface area contributed by atoms with E-state index in [1.807, 2.05) is 0 Å². The van der Waals surface area contributed by atoms with E-state index in [1.165, 1.54) is 18.7 Å². The second kappa shape index (κ2) is 1.90. The average Bonchev–Trinajstić information content (AvgIpc) is 2.77. The number of hydrogen-bond donors (Lipinski definition) is 0. The number of anilines is 1. The highest BCUT2D eigenvalue weighted by atomic mass is 15.5. The quantitative estimate of drug-likeness (QED) is 0.648. The van der Waals surface area contributed by atoms with Crippen LogP contribution >= 0.6 is 0 Å². The average molecular weight is 210 g/mol. The zero-order valence-corrected chi connectivity index (χ0v) is 9.35. The summed E-state index contributed by atoms with van der Waals surface area (Å²) in [5.74, 6) is 0. The molecule has 4 aliphatic rings. The largest absolute Gasteiger partial charge is 0.354 e. The third kappa shape index (κ3) is 0.525. The SMILES string of the molecule is CC12C[C@]13CN1C=CN(c4ccccc42)C13. The van der Waals surface area contributed by atoms with Crippen molar-refractivity contribution in [2.75, 3.05) is 11.4 Å². The molecule has 1 saturated carbocycles. The number of fused-ring (bicyclic) bond motifs is 3. The summed E-state index contributed by atoms with van der Waals surface area (Å²) in [5.41, 5.74) is 4.01. The van der Waals surface area contributed by atoms with E-state index in [4.69, 9.17) is 0 Å². The van der Waals surface area contributed by atoms with Gasteiger partial charge in [-0.25, -0.2) is 0 Å². The van der Waals surface area contributed by atoms with Crippen molar-refractivity contribution >= 4 is 5.69 Å². The van der Waals surface area contributed by atoms with Crippen molar-refractivity contribution in [1.82, 2.24) is 4.90 Å². The summed E-state index contributed by atoms with van der Waals surface area (Å²) in [6.45, 7) is 3.72. The first-order chi connectivity index (χ1) is 7.76. The van der Waals surface area contributed by atoms with Crippen LogP contribution in [0.2, 0.25) is 0 Å². The van der Waals surface area contributed by atoms with Gasteiger partial charge in [-0.1, -0.05) is 25.1 Å². The van der Waals surface area contributed by atoms with Gasteiger partial charge in [0.1, 0.15) is 6.17 Å². The molecule has 2 heteroatoms. The predicted octanol–water partition coefficient (Wildman–Crippen LogP) is 2.28. The Hall–Kier alpha value is -1.44. The highest BCUT2D eigenvalue weighted by Crippen LogP contribution is 2.76. The molecule has 5 rings (SSSR count). The summed E-state index contributed by atoms with van der Waals surface area (Å²) in [4.78, 5) is 4.97. The van der Waals surface area contributed by atoms with Gasteiger partial charge in [0, 0.05) is 35.5 Å². The molecule has 2 nitrogen and oxygen atoms in total. The fraction of sp³-hybridized carbons (Fsp3) is 0.429. The Morgan fingerprint density at radius 1 is 1.25 bits per heavy atom. The van der Waals surface area contributed by atoms with E-state index in [1.54, 1.807) is 5.56 Å². The summed E-state index contributed by atoms with van der Waals surface area (Å²) in [5, 5.41) is 0. The molecule has 0 N–H and O–H groups in total. The van der Waals surface area contributed by atoms with Crippen molar-refractivity contribution in [3.63, 3.8) is 0 Å².